The van der Waals surface area contributed by atoms with Gasteiger partial charge in [0.1, 0.15) is 0 Å². The Bertz CT molecular complexity index is 287. The lowest BCUT2D eigenvalue weighted by molar-refractivity contribution is 0.322. The van der Waals surface area contributed by atoms with Crippen LogP contribution in [0.4, 0.5) is 0 Å². The molecule has 0 aromatic heterocycles. The van der Waals surface area contributed by atoms with E-state index in [2.05, 4.69) is 11.4 Å². The summed E-state index contributed by atoms with van der Waals surface area (Å²) in [4.78, 5) is 0. The lowest BCUT2D eigenvalue weighted by atomic mass is 9.94. The predicted octanol–water partition coefficient (Wildman–Crippen LogP) is 2.46. The minimum Gasteiger partial charge on any atom is -0.313 e. The van der Waals surface area contributed by atoms with Crippen molar-refractivity contribution in [3.63, 3.8) is 0 Å². The molecule has 3 aliphatic carbocycles. The molecular weight excluding hydrogens is 184 g/mol. The topological polar surface area (TPSA) is 35.8 Å². The molecule has 3 unspecified atom stereocenters. The molecule has 1 N–H and O–H groups in total. The molecule has 0 aliphatic heterocycles. The van der Waals surface area contributed by atoms with E-state index in [-0.39, 0.29) is 0 Å². The Morgan fingerprint density at radius 2 is 2.13 bits per heavy atom. The van der Waals surface area contributed by atoms with Crippen LogP contribution in [0.2, 0.25) is 0 Å². The summed E-state index contributed by atoms with van der Waals surface area (Å²) in [7, 11) is 0. The van der Waals surface area contributed by atoms with Gasteiger partial charge in [0.05, 0.1) is 6.07 Å². The largest absolute Gasteiger partial charge is 0.313 e. The summed E-state index contributed by atoms with van der Waals surface area (Å²) in [5, 5.41) is 12.5. The fraction of sp³-hybridized carbons (Fsp3) is 0.923. The van der Waals surface area contributed by atoms with Crippen molar-refractivity contribution in [1.82, 2.24) is 5.32 Å². The van der Waals surface area contributed by atoms with Crippen LogP contribution in [0.5, 0.6) is 0 Å². The third kappa shape index (κ3) is 1.78. The zero-order valence-electron chi connectivity index (χ0n) is 9.34. The molecule has 15 heavy (non-hydrogen) atoms. The van der Waals surface area contributed by atoms with Crippen LogP contribution in [-0.4, -0.2) is 12.6 Å². The van der Waals surface area contributed by atoms with Crippen LogP contribution in [0, 0.1) is 28.6 Å². The Hall–Kier alpha value is -0.550. The van der Waals surface area contributed by atoms with Crippen LogP contribution >= 0.6 is 0 Å². The van der Waals surface area contributed by atoms with Gasteiger partial charge >= 0.3 is 0 Å². The van der Waals surface area contributed by atoms with Crippen molar-refractivity contribution in [3.8, 4) is 6.07 Å². The lowest BCUT2D eigenvalue weighted by Crippen LogP contribution is -2.37. The molecule has 2 nitrogen and oxygen atoms in total. The second-order valence-corrected chi connectivity index (χ2v) is 6.00. The van der Waals surface area contributed by atoms with Crippen LogP contribution in [0.25, 0.3) is 0 Å². The second-order valence-electron chi connectivity index (χ2n) is 6.00. The number of hydrogen-bond acceptors (Lipinski definition) is 2. The zero-order valence-corrected chi connectivity index (χ0v) is 9.34. The van der Waals surface area contributed by atoms with E-state index in [9.17, 15) is 0 Å². The summed E-state index contributed by atoms with van der Waals surface area (Å²) in [5.41, 5.74) is 0.385. The Kier molecular flexibility index (Phi) is 2.25. The third-order valence-corrected chi connectivity index (χ3v) is 4.89. The fourth-order valence-electron chi connectivity index (χ4n) is 3.60. The smallest absolute Gasteiger partial charge is 0.0628 e. The van der Waals surface area contributed by atoms with Gasteiger partial charge in [-0.25, -0.2) is 0 Å². The maximum Gasteiger partial charge on any atom is 0.0628 e. The Morgan fingerprint density at radius 3 is 2.67 bits per heavy atom. The average Bonchev–Trinajstić information content (AvgIpc) is 2.73. The highest BCUT2D eigenvalue weighted by atomic mass is 15.0. The maximum absolute atomic E-state index is 8.76. The van der Waals surface area contributed by atoms with Crippen LogP contribution < -0.4 is 5.32 Å². The number of nitrogens with one attached hydrogen (secondary N) is 1. The highest BCUT2D eigenvalue weighted by Gasteiger charge is 2.45. The first-order chi connectivity index (χ1) is 7.31. The van der Waals surface area contributed by atoms with Gasteiger partial charge in [-0.1, -0.05) is 6.42 Å². The standard InChI is InChI=1S/C13H20N2/c14-6-5-13(3-4-13)9-15-12-8-10-1-2-11(12)7-10/h10-12,15H,1-5,7-9H2. The molecule has 2 bridgehead atoms. The Labute approximate surface area is 92.0 Å². The number of nitrogens with zero attached hydrogens (tertiary/aromatic N) is 1. The summed E-state index contributed by atoms with van der Waals surface area (Å²) in [5.74, 6) is 1.99. The van der Waals surface area contributed by atoms with Crippen LogP contribution in [-0.2, 0) is 0 Å². The van der Waals surface area contributed by atoms with Gasteiger partial charge in [0.25, 0.3) is 0 Å². The van der Waals surface area contributed by atoms with E-state index in [1.807, 2.05) is 0 Å². The molecule has 3 rings (SSSR count). The molecule has 3 atom stereocenters. The lowest BCUT2D eigenvalue weighted by Gasteiger charge is -2.25. The van der Waals surface area contributed by atoms with E-state index < -0.39 is 0 Å². The number of rotatable bonds is 4. The van der Waals surface area contributed by atoms with Crippen molar-refractivity contribution in [1.29, 1.82) is 5.26 Å². The molecule has 3 saturated carbocycles. The molecule has 0 spiro atoms. The van der Waals surface area contributed by atoms with Gasteiger partial charge in [0.2, 0.25) is 0 Å². The first-order valence-corrected chi connectivity index (χ1v) is 6.42. The average molecular weight is 204 g/mol. The normalized spacial score (nSPS) is 40.3. The highest BCUT2D eigenvalue weighted by molar-refractivity contribution is 5.02. The SMILES string of the molecule is N#CCC1(CNC2CC3CCC2C3)CC1. The quantitative estimate of drug-likeness (QED) is 0.763. The molecule has 0 amide bonds. The predicted molar refractivity (Wildman–Crippen MR) is 59.1 cm³/mol. The van der Waals surface area contributed by atoms with E-state index in [0.29, 0.717) is 5.41 Å². The van der Waals surface area contributed by atoms with Gasteiger partial charge in [0.15, 0.2) is 0 Å². The molecule has 3 aliphatic rings. The monoisotopic (exact) mass is 204 g/mol. The number of fused-ring (bicyclic) bond motifs is 2. The molecule has 2 heteroatoms. The van der Waals surface area contributed by atoms with Crippen molar-refractivity contribution >= 4 is 0 Å². The minimum absolute atomic E-state index is 0.385. The maximum atomic E-state index is 8.76. The van der Waals surface area contributed by atoms with Gasteiger partial charge in [-0.15, -0.1) is 0 Å². The Morgan fingerprint density at radius 1 is 1.27 bits per heavy atom. The van der Waals surface area contributed by atoms with Crippen LogP contribution in [0.3, 0.4) is 0 Å². The fourth-order valence-corrected chi connectivity index (χ4v) is 3.60. The Balaban J connectivity index is 1.49. The molecule has 0 aromatic rings. The van der Waals surface area contributed by atoms with Crippen LogP contribution in [0.1, 0.15) is 44.9 Å². The molecule has 3 fully saturated rings. The number of nitriles is 1. The second kappa shape index (κ2) is 3.49. The molecule has 0 heterocycles. The van der Waals surface area contributed by atoms with Crippen molar-refractivity contribution in [2.24, 2.45) is 17.3 Å². The zero-order chi connectivity index (χ0) is 10.3. The van der Waals surface area contributed by atoms with Gasteiger partial charge < -0.3 is 5.32 Å². The van der Waals surface area contributed by atoms with Gasteiger partial charge in [-0.2, -0.15) is 5.26 Å². The summed E-state index contributed by atoms with van der Waals surface area (Å²) in [6.07, 6.45) is 9.12. The van der Waals surface area contributed by atoms with Crippen molar-refractivity contribution < 1.29 is 0 Å². The molecular formula is C13H20N2. The summed E-state index contributed by atoms with van der Waals surface area (Å²) in [6.45, 7) is 1.11. The van der Waals surface area contributed by atoms with Crippen molar-refractivity contribution in [2.75, 3.05) is 6.54 Å². The van der Waals surface area contributed by atoms with E-state index in [1.165, 1.54) is 38.5 Å². The van der Waals surface area contributed by atoms with E-state index in [4.69, 9.17) is 5.26 Å². The van der Waals surface area contributed by atoms with Gasteiger partial charge in [0, 0.05) is 19.0 Å². The van der Waals surface area contributed by atoms with E-state index in [1.54, 1.807) is 0 Å². The van der Waals surface area contributed by atoms with Gasteiger partial charge in [-0.05, 0) is 49.4 Å². The highest BCUT2D eigenvalue weighted by Crippen LogP contribution is 2.49. The van der Waals surface area contributed by atoms with E-state index in [0.717, 1.165) is 30.8 Å². The van der Waals surface area contributed by atoms with Gasteiger partial charge in [-0.3, -0.25) is 0 Å². The summed E-state index contributed by atoms with van der Waals surface area (Å²) >= 11 is 0. The summed E-state index contributed by atoms with van der Waals surface area (Å²) < 4.78 is 0. The molecule has 0 saturated heterocycles. The van der Waals surface area contributed by atoms with E-state index >= 15 is 0 Å². The van der Waals surface area contributed by atoms with Crippen molar-refractivity contribution in [2.45, 2.75) is 51.0 Å². The third-order valence-electron chi connectivity index (χ3n) is 4.89. The number of hydrogen-bond donors (Lipinski definition) is 1. The molecule has 82 valence electrons. The first kappa shape index (κ1) is 9.66. The molecule has 0 aromatic carbocycles. The minimum atomic E-state index is 0.385. The van der Waals surface area contributed by atoms with Crippen molar-refractivity contribution in [3.05, 3.63) is 0 Å². The first-order valence-electron chi connectivity index (χ1n) is 6.42. The summed E-state index contributed by atoms with van der Waals surface area (Å²) in [6, 6.07) is 3.13. The molecule has 0 radical (unpaired) electrons. The van der Waals surface area contributed by atoms with Crippen LogP contribution in [0.15, 0.2) is 0 Å².